The van der Waals surface area contributed by atoms with Gasteiger partial charge in [-0.05, 0) is 55.2 Å². The molecule has 2 unspecified atom stereocenters. The lowest BCUT2D eigenvalue weighted by Gasteiger charge is -2.43. The van der Waals surface area contributed by atoms with Crippen molar-refractivity contribution in [2.45, 2.75) is 37.8 Å². The number of aliphatic hydroxyl groups is 1. The fourth-order valence-corrected chi connectivity index (χ4v) is 3.75. The smallest absolute Gasteiger partial charge is 0.411 e. The molecule has 2 aromatic rings. The van der Waals surface area contributed by atoms with E-state index in [2.05, 4.69) is 0 Å². The molecular formula is C22H24FNO5. The number of hydrogen-bond donors (Lipinski definition) is 2. The second kappa shape index (κ2) is 8.61. The van der Waals surface area contributed by atoms with Crippen LogP contribution in [0.5, 0.6) is 0 Å². The number of cyclic esters (lactones) is 1. The highest BCUT2D eigenvalue weighted by Gasteiger charge is 2.43. The molecule has 1 aliphatic rings. The molecule has 2 aromatic carbocycles. The normalized spacial score (nSPS) is 20.2. The fourth-order valence-electron chi connectivity index (χ4n) is 3.75. The average Bonchev–Trinajstić information content (AvgIpc) is 2.72. The van der Waals surface area contributed by atoms with E-state index in [-0.39, 0.29) is 24.0 Å². The number of halogens is 1. The van der Waals surface area contributed by atoms with Crippen LogP contribution >= 0.6 is 0 Å². The van der Waals surface area contributed by atoms with Crippen LogP contribution in [0, 0.1) is 5.82 Å². The van der Waals surface area contributed by atoms with Gasteiger partial charge in [0, 0.05) is 19.6 Å². The van der Waals surface area contributed by atoms with Crippen LogP contribution < -0.4 is 0 Å². The standard InChI is InChI=1S/C22H24FNO5/c1-15(16-3-5-17(6-4-16)20(26)27)24-13-12-22(11-2-14-25,29-21(24)28)18-7-9-19(23)10-8-18/h3-10,15,25H,2,11-14H2,1H3,(H,26,27). The molecule has 2 N–H and O–H groups in total. The van der Waals surface area contributed by atoms with E-state index in [0.29, 0.717) is 31.4 Å². The number of carboxylic acids is 1. The minimum absolute atomic E-state index is 0.0312. The van der Waals surface area contributed by atoms with Crippen molar-refractivity contribution in [2.75, 3.05) is 13.2 Å². The van der Waals surface area contributed by atoms with Gasteiger partial charge in [-0.2, -0.15) is 0 Å². The van der Waals surface area contributed by atoms with Crippen LogP contribution in [0.2, 0.25) is 0 Å². The average molecular weight is 401 g/mol. The van der Waals surface area contributed by atoms with Crippen molar-refractivity contribution < 1.29 is 28.9 Å². The molecule has 3 rings (SSSR count). The molecule has 0 bridgehead atoms. The molecule has 1 heterocycles. The number of hydrogen-bond acceptors (Lipinski definition) is 4. The SMILES string of the molecule is CC(c1ccc(C(=O)O)cc1)N1CCC(CCCO)(c2ccc(F)cc2)OC1=O. The van der Waals surface area contributed by atoms with Crippen molar-refractivity contribution >= 4 is 12.1 Å². The number of carbonyl (C=O) groups is 2. The van der Waals surface area contributed by atoms with E-state index >= 15 is 0 Å². The third kappa shape index (κ3) is 4.40. The fraction of sp³-hybridized carbons (Fsp3) is 0.364. The minimum atomic E-state index is -1.01. The maximum atomic E-state index is 13.3. The molecule has 0 saturated carbocycles. The van der Waals surface area contributed by atoms with Gasteiger partial charge in [-0.3, -0.25) is 0 Å². The summed E-state index contributed by atoms with van der Waals surface area (Å²) in [6, 6.07) is 12.0. The lowest BCUT2D eigenvalue weighted by Crippen LogP contribution is -2.48. The van der Waals surface area contributed by atoms with Gasteiger partial charge < -0.3 is 19.8 Å². The first-order valence-corrected chi connectivity index (χ1v) is 9.56. The second-order valence-corrected chi connectivity index (χ2v) is 7.24. The molecule has 0 radical (unpaired) electrons. The zero-order valence-corrected chi connectivity index (χ0v) is 16.2. The second-order valence-electron chi connectivity index (χ2n) is 7.24. The number of nitrogens with zero attached hydrogens (tertiary/aromatic N) is 1. The number of ether oxygens (including phenoxy) is 1. The first kappa shape index (κ1) is 20.8. The van der Waals surface area contributed by atoms with Gasteiger partial charge in [0.25, 0.3) is 0 Å². The van der Waals surface area contributed by atoms with Crippen LogP contribution in [0.4, 0.5) is 9.18 Å². The first-order valence-electron chi connectivity index (χ1n) is 9.56. The topological polar surface area (TPSA) is 87.1 Å². The van der Waals surface area contributed by atoms with Gasteiger partial charge in [-0.25, -0.2) is 14.0 Å². The van der Waals surface area contributed by atoms with Crippen LogP contribution in [0.15, 0.2) is 48.5 Å². The lowest BCUT2D eigenvalue weighted by atomic mass is 9.84. The number of carbonyl (C=O) groups excluding carboxylic acids is 1. The molecule has 29 heavy (non-hydrogen) atoms. The Labute approximate surface area is 168 Å². The summed E-state index contributed by atoms with van der Waals surface area (Å²) >= 11 is 0. The predicted molar refractivity (Wildman–Crippen MR) is 104 cm³/mol. The van der Waals surface area contributed by atoms with E-state index in [0.717, 1.165) is 5.56 Å². The van der Waals surface area contributed by atoms with Crippen molar-refractivity contribution in [3.63, 3.8) is 0 Å². The Balaban J connectivity index is 1.80. The highest BCUT2D eigenvalue weighted by atomic mass is 19.1. The van der Waals surface area contributed by atoms with Gasteiger partial charge in [0.1, 0.15) is 11.4 Å². The quantitative estimate of drug-likeness (QED) is 0.730. The van der Waals surface area contributed by atoms with Crippen LogP contribution in [0.3, 0.4) is 0 Å². The zero-order valence-electron chi connectivity index (χ0n) is 16.2. The zero-order chi connectivity index (χ0) is 21.0. The Bertz CT molecular complexity index is 868. The molecule has 0 spiro atoms. The molecular weight excluding hydrogens is 377 g/mol. The van der Waals surface area contributed by atoms with Gasteiger partial charge in [-0.15, -0.1) is 0 Å². The summed E-state index contributed by atoms with van der Waals surface area (Å²) in [5.74, 6) is -1.37. The largest absolute Gasteiger partial charge is 0.478 e. The molecule has 2 atom stereocenters. The van der Waals surface area contributed by atoms with E-state index in [1.807, 2.05) is 6.92 Å². The number of benzene rings is 2. The van der Waals surface area contributed by atoms with Crippen molar-refractivity contribution in [1.82, 2.24) is 4.90 Å². The maximum Gasteiger partial charge on any atom is 0.411 e. The Morgan fingerprint density at radius 3 is 2.41 bits per heavy atom. The molecule has 1 aliphatic heterocycles. The van der Waals surface area contributed by atoms with Gasteiger partial charge in [0.15, 0.2) is 0 Å². The van der Waals surface area contributed by atoms with Crippen LogP contribution in [0.1, 0.15) is 53.7 Å². The molecule has 0 aromatic heterocycles. The summed E-state index contributed by atoms with van der Waals surface area (Å²) < 4.78 is 19.2. The van der Waals surface area contributed by atoms with E-state index in [9.17, 15) is 19.1 Å². The predicted octanol–water partition coefficient (Wildman–Crippen LogP) is 4.10. The van der Waals surface area contributed by atoms with E-state index in [1.165, 1.54) is 24.3 Å². The van der Waals surface area contributed by atoms with Crippen molar-refractivity contribution in [3.05, 3.63) is 71.0 Å². The van der Waals surface area contributed by atoms with Gasteiger partial charge in [-0.1, -0.05) is 24.3 Å². The summed E-state index contributed by atoms with van der Waals surface area (Å²) in [6.45, 7) is 2.25. The molecule has 1 fully saturated rings. The number of aromatic carboxylic acids is 1. The van der Waals surface area contributed by atoms with Crippen LogP contribution in [0.25, 0.3) is 0 Å². The molecule has 1 amide bonds. The Morgan fingerprint density at radius 2 is 1.86 bits per heavy atom. The molecule has 0 aliphatic carbocycles. The summed E-state index contributed by atoms with van der Waals surface area (Å²) in [5, 5.41) is 18.3. The van der Waals surface area contributed by atoms with Crippen molar-refractivity contribution in [1.29, 1.82) is 0 Å². The third-order valence-electron chi connectivity index (χ3n) is 5.49. The van der Waals surface area contributed by atoms with E-state index in [1.54, 1.807) is 29.2 Å². The Morgan fingerprint density at radius 1 is 1.21 bits per heavy atom. The van der Waals surface area contributed by atoms with Crippen LogP contribution in [-0.4, -0.2) is 40.3 Å². The van der Waals surface area contributed by atoms with Gasteiger partial charge >= 0.3 is 12.1 Å². The van der Waals surface area contributed by atoms with Crippen molar-refractivity contribution in [2.24, 2.45) is 0 Å². The highest BCUT2D eigenvalue weighted by molar-refractivity contribution is 5.87. The third-order valence-corrected chi connectivity index (χ3v) is 5.49. The summed E-state index contributed by atoms with van der Waals surface area (Å²) in [6.07, 6.45) is 0.906. The Kier molecular flexibility index (Phi) is 6.17. The van der Waals surface area contributed by atoms with Crippen LogP contribution in [-0.2, 0) is 10.3 Å². The molecule has 154 valence electrons. The number of aliphatic hydroxyl groups excluding tert-OH is 1. The minimum Gasteiger partial charge on any atom is -0.478 e. The summed E-state index contributed by atoms with van der Waals surface area (Å²) in [4.78, 5) is 25.5. The van der Waals surface area contributed by atoms with Gasteiger partial charge in [0.05, 0.1) is 11.6 Å². The maximum absolute atomic E-state index is 13.3. The van der Waals surface area contributed by atoms with E-state index in [4.69, 9.17) is 9.84 Å². The number of rotatable bonds is 7. The Hall–Kier alpha value is -2.93. The monoisotopic (exact) mass is 401 g/mol. The highest BCUT2D eigenvalue weighted by Crippen LogP contribution is 2.40. The number of carboxylic acid groups (broad SMARTS) is 1. The first-order chi connectivity index (χ1) is 13.9. The molecule has 6 nitrogen and oxygen atoms in total. The number of amides is 1. The van der Waals surface area contributed by atoms with Crippen molar-refractivity contribution in [3.8, 4) is 0 Å². The summed E-state index contributed by atoms with van der Waals surface area (Å²) in [5.41, 5.74) is 0.786. The van der Waals surface area contributed by atoms with Gasteiger partial charge in [0.2, 0.25) is 0 Å². The summed E-state index contributed by atoms with van der Waals surface area (Å²) in [7, 11) is 0. The molecule has 1 saturated heterocycles. The van der Waals surface area contributed by atoms with E-state index < -0.39 is 17.7 Å². The molecule has 7 heteroatoms. The lowest BCUT2D eigenvalue weighted by molar-refractivity contribution is -0.0680.